The first-order chi connectivity index (χ1) is 20.0. The minimum atomic E-state index is -0.194. The smallest absolute Gasteiger partial charge is 0.229 e. The summed E-state index contributed by atoms with van der Waals surface area (Å²) < 4.78 is 2.05. The summed E-state index contributed by atoms with van der Waals surface area (Å²) in [6.07, 6.45) is 13.5. The molecule has 0 aromatic carbocycles. The van der Waals surface area contributed by atoms with Crippen molar-refractivity contribution in [2.45, 2.75) is 57.4 Å². The highest BCUT2D eigenvalue weighted by Crippen LogP contribution is 2.48. The monoisotopic (exact) mass is 567 g/mol. The third kappa shape index (κ3) is 5.20. The van der Waals surface area contributed by atoms with Crippen LogP contribution in [0.4, 0.5) is 17.2 Å². The van der Waals surface area contributed by atoms with E-state index in [0.717, 1.165) is 51.9 Å². The highest BCUT2D eigenvalue weighted by molar-refractivity contribution is 6.29. The van der Waals surface area contributed by atoms with E-state index in [4.69, 9.17) is 16.6 Å². The van der Waals surface area contributed by atoms with Crippen LogP contribution < -0.4 is 15.5 Å². The zero-order chi connectivity index (χ0) is 28.1. The van der Waals surface area contributed by atoms with E-state index in [0.29, 0.717) is 44.0 Å². The van der Waals surface area contributed by atoms with Gasteiger partial charge in [0.05, 0.1) is 24.0 Å². The van der Waals surface area contributed by atoms with Gasteiger partial charge in [0.25, 0.3) is 0 Å². The van der Waals surface area contributed by atoms with E-state index in [9.17, 15) is 14.9 Å². The number of halogens is 1. The average molecular weight is 568 g/mol. The minimum absolute atomic E-state index is 0.0243. The number of hydrogen-bond donors (Lipinski definition) is 2. The standard InChI is InChI=1S/C31H30ClN7O2/c32-21-6-5-19(14-33)24(11-21)25-13-26(25)31(41)37-28-12-22(7-8-34-28)35-15-23-17-38-16-20(18-3-4-18)10-27(30(38)36-23)39-9-1-2-29(39)40/h7-8,10-12,16-18,25-26H,1-6,9,13,15H2,(H2,34,35,37,41)/t25?,26-/m0/s1. The molecule has 2 saturated carbocycles. The van der Waals surface area contributed by atoms with Gasteiger partial charge >= 0.3 is 0 Å². The third-order valence-corrected chi connectivity index (χ3v) is 8.73. The van der Waals surface area contributed by atoms with Gasteiger partial charge in [0.15, 0.2) is 5.65 Å². The number of carbonyl (C=O) groups excluding carboxylic acids is 2. The molecule has 4 heterocycles. The second-order valence-electron chi connectivity index (χ2n) is 11.4. The van der Waals surface area contributed by atoms with E-state index in [1.165, 1.54) is 18.4 Å². The molecule has 0 spiro atoms. The highest BCUT2D eigenvalue weighted by atomic mass is 35.5. The van der Waals surface area contributed by atoms with Crippen molar-refractivity contribution in [2.75, 3.05) is 22.1 Å². The summed E-state index contributed by atoms with van der Waals surface area (Å²) in [5, 5.41) is 16.5. The van der Waals surface area contributed by atoms with E-state index in [1.807, 2.05) is 29.3 Å². The lowest BCUT2D eigenvalue weighted by Gasteiger charge is -2.17. The fraction of sp³-hybridized carbons (Fsp3) is 0.387. The van der Waals surface area contributed by atoms with Gasteiger partial charge in [-0.15, -0.1) is 0 Å². The number of amides is 2. The molecule has 1 unspecified atom stereocenters. The van der Waals surface area contributed by atoms with Crippen LogP contribution in [0.15, 0.2) is 59.0 Å². The number of hydrogen-bond acceptors (Lipinski definition) is 6. The summed E-state index contributed by atoms with van der Waals surface area (Å²) in [4.78, 5) is 36.6. The molecular formula is C31H30ClN7O2. The summed E-state index contributed by atoms with van der Waals surface area (Å²) in [5.74, 6) is 0.925. The molecule has 9 nitrogen and oxygen atoms in total. The Kier molecular flexibility index (Phi) is 6.51. The van der Waals surface area contributed by atoms with E-state index in [2.05, 4.69) is 38.4 Å². The Labute approximate surface area is 242 Å². The van der Waals surface area contributed by atoms with Gasteiger partial charge in [0, 0.05) is 59.8 Å². The van der Waals surface area contributed by atoms with Crippen LogP contribution in [0.5, 0.6) is 0 Å². The second kappa shape index (κ2) is 10.3. The van der Waals surface area contributed by atoms with E-state index in [-0.39, 0.29) is 23.7 Å². The fourth-order valence-corrected chi connectivity index (χ4v) is 6.21. The first-order valence-electron chi connectivity index (χ1n) is 14.3. The summed E-state index contributed by atoms with van der Waals surface area (Å²) in [6.45, 7) is 1.21. The van der Waals surface area contributed by atoms with Crippen molar-refractivity contribution < 1.29 is 9.59 Å². The lowest BCUT2D eigenvalue weighted by atomic mass is 9.94. The van der Waals surface area contributed by atoms with Gasteiger partial charge in [0.2, 0.25) is 11.8 Å². The number of nitriles is 1. The van der Waals surface area contributed by atoms with Crippen molar-refractivity contribution >= 4 is 46.3 Å². The van der Waals surface area contributed by atoms with Gasteiger partial charge < -0.3 is 19.9 Å². The SMILES string of the molecule is N#CC1=C(C2C[C@@H]2C(=O)Nc2cc(NCc3cn4cc(C5CC5)cc(N5CCCC5=O)c4n3)ccn2)C=C(Cl)CC1. The van der Waals surface area contributed by atoms with E-state index in [1.54, 1.807) is 6.20 Å². The van der Waals surface area contributed by atoms with Gasteiger partial charge in [0.1, 0.15) is 5.82 Å². The molecule has 3 aromatic heterocycles. The normalized spacial score (nSPS) is 22.1. The Morgan fingerprint density at radius 2 is 2.07 bits per heavy atom. The molecule has 3 fully saturated rings. The molecule has 2 atom stereocenters. The van der Waals surface area contributed by atoms with Crippen LogP contribution in [-0.2, 0) is 16.1 Å². The molecule has 1 saturated heterocycles. The number of nitrogens with one attached hydrogen (secondary N) is 2. The fourth-order valence-electron chi connectivity index (χ4n) is 6.00. The molecule has 2 N–H and O–H groups in total. The summed E-state index contributed by atoms with van der Waals surface area (Å²) in [6, 6.07) is 8.09. The Balaban J connectivity index is 1.03. The summed E-state index contributed by atoms with van der Waals surface area (Å²) in [5.41, 5.74) is 6.26. The van der Waals surface area contributed by atoms with E-state index < -0.39 is 0 Å². The Morgan fingerprint density at radius 3 is 2.85 bits per heavy atom. The number of imidazole rings is 1. The first kappa shape index (κ1) is 25.8. The molecule has 4 aliphatic rings. The molecule has 1 aliphatic heterocycles. The molecule has 10 heteroatoms. The summed E-state index contributed by atoms with van der Waals surface area (Å²) in [7, 11) is 0. The lowest BCUT2D eigenvalue weighted by Crippen LogP contribution is -2.24. The Bertz CT molecular complexity index is 1680. The Hall–Kier alpha value is -4.16. The molecule has 0 bridgehead atoms. The van der Waals surface area contributed by atoms with Crippen LogP contribution in [0, 0.1) is 23.2 Å². The predicted octanol–water partition coefficient (Wildman–Crippen LogP) is 5.66. The number of nitrogens with zero attached hydrogens (tertiary/aromatic N) is 5. The molecule has 7 rings (SSSR count). The van der Waals surface area contributed by atoms with Crippen LogP contribution >= 0.6 is 11.6 Å². The molecular weight excluding hydrogens is 538 g/mol. The topological polar surface area (TPSA) is 115 Å². The maximum atomic E-state index is 13.0. The third-order valence-electron chi connectivity index (χ3n) is 8.44. The maximum Gasteiger partial charge on any atom is 0.229 e. The zero-order valence-corrected chi connectivity index (χ0v) is 23.3. The quantitative estimate of drug-likeness (QED) is 0.363. The number of anilines is 3. The minimum Gasteiger partial charge on any atom is -0.379 e. The maximum absolute atomic E-state index is 13.0. The number of carbonyl (C=O) groups is 2. The van der Waals surface area contributed by atoms with Crippen molar-refractivity contribution in [3.8, 4) is 6.07 Å². The predicted molar refractivity (Wildman–Crippen MR) is 156 cm³/mol. The number of pyridine rings is 2. The molecule has 41 heavy (non-hydrogen) atoms. The molecule has 2 amide bonds. The van der Waals surface area contributed by atoms with Crippen molar-refractivity contribution in [2.24, 2.45) is 11.8 Å². The summed E-state index contributed by atoms with van der Waals surface area (Å²) >= 11 is 6.22. The van der Waals surface area contributed by atoms with Crippen LogP contribution in [0.2, 0.25) is 0 Å². The van der Waals surface area contributed by atoms with Crippen molar-refractivity contribution in [1.82, 2.24) is 14.4 Å². The van der Waals surface area contributed by atoms with Crippen LogP contribution in [-0.4, -0.2) is 32.7 Å². The van der Waals surface area contributed by atoms with Crippen LogP contribution in [0.1, 0.15) is 62.1 Å². The second-order valence-corrected chi connectivity index (χ2v) is 11.9. The number of allylic oxidation sites excluding steroid dienone is 4. The molecule has 208 valence electrons. The molecule has 3 aliphatic carbocycles. The van der Waals surface area contributed by atoms with Crippen molar-refractivity contribution in [1.29, 1.82) is 5.26 Å². The van der Waals surface area contributed by atoms with Crippen LogP contribution in [0.25, 0.3) is 5.65 Å². The van der Waals surface area contributed by atoms with E-state index >= 15 is 0 Å². The highest BCUT2D eigenvalue weighted by Gasteiger charge is 2.46. The van der Waals surface area contributed by atoms with Crippen LogP contribution in [0.3, 0.4) is 0 Å². The lowest BCUT2D eigenvalue weighted by molar-refractivity contribution is -0.118. The number of fused-ring (bicyclic) bond motifs is 1. The van der Waals surface area contributed by atoms with Crippen molar-refractivity contribution in [3.05, 3.63) is 70.3 Å². The van der Waals surface area contributed by atoms with Gasteiger partial charge in [-0.3, -0.25) is 9.59 Å². The van der Waals surface area contributed by atoms with Gasteiger partial charge in [-0.1, -0.05) is 11.6 Å². The first-order valence-corrected chi connectivity index (χ1v) is 14.7. The number of aromatic nitrogens is 3. The van der Waals surface area contributed by atoms with Gasteiger partial charge in [-0.05, 0) is 79.7 Å². The molecule has 0 radical (unpaired) electrons. The van der Waals surface area contributed by atoms with Crippen molar-refractivity contribution in [3.63, 3.8) is 0 Å². The van der Waals surface area contributed by atoms with Gasteiger partial charge in [-0.2, -0.15) is 5.26 Å². The zero-order valence-electron chi connectivity index (χ0n) is 22.6. The largest absolute Gasteiger partial charge is 0.379 e. The average Bonchev–Trinajstić information content (AvgIpc) is 3.89. The molecule has 3 aromatic rings. The van der Waals surface area contributed by atoms with Gasteiger partial charge in [-0.25, -0.2) is 9.97 Å². The Morgan fingerprint density at radius 1 is 1.20 bits per heavy atom. The number of rotatable bonds is 8.